The molecule has 0 fully saturated rings. The number of nitrogens with two attached hydrogens (primary N) is 1. The van der Waals surface area contributed by atoms with E-state index < -0.39 is 0 Å². The van der Waals surface area contributed by atoms with Gasteiger partial charge in [-0.25, -0.2) is 0 Å². The minimum atomic E-state index is -0.0431. The van der Waals surface area contributed by atoms with E-state index in [1.54, 1.807) is 18.9 Å². The Bertz CT molecular complexity index is 571. The van der Waals surface area contributed by atoms with E-state index in [1.165, 1.54) is 10.5 Å². The molecule has 106 valence electrons. The highest BCUT2D eigenvalue weighted by atomic mass is 79.9. The molecule has 0 aliphatic heterocycles. The van der Waals surface area contributed by atoms with E-state index in [4.69, 9.17) is 10.5 Å². The molecule has 1 atom stereocenters. The van der Waals surface area contributed by atoms with Crippen LogP contribution in [0.5, 0.6) is 5.75 Å². The maximum Gasteiger partial charge on any atom is 0.123 e. The first kappa shape index (κ1) is 15.4. The van der Waals surface area contributed by atoms with Crippen LogP contribution < -0.4 is 10.5 Å². The van der Waals surface area contributed by atoms with Crippen molar-refractivity contribution in [2.75, 3.05) is 12.9 Å². The van der Waals surface area contributed by atoms with Crippen LogP contribution in [0.2, 0.25) is 0 Å². The second-order valence-electron chi connectivity index (χ2n) is 4.62. The Balaban J connectivity index is 2.06. The van der Waals surface area contributed by atoms with Gasteiger partial charge in [-0.1, -0.05) is 33.6 Å². The van der Waals surface area contributed by atoms with Gasteiger partial charge in [-0.05, 0) is 37.3 Å². The van der Waals surface area contributed by atoms with E-state index in [-0.39, 0.29) is 6.04 Å². The summed E-state index contributed by atoms with van der Waals surface area (Å²) in [6.07, 6.45) is 0. The van der Waals surface area contributed by atoms with Crippen LogP contribution in [0.15, 0.2) is 51.8 Å². The van der Waals surface area contributed by atoms with Gasteiger partial charge in [-0.3, -0.25) is 0 Å². The maximum absolute atomic E-state index is 6.31. The van der Waals surface area contributed by atoms with Gasteiger partial charge in [0.05, 0.1) is 7.11 Å². The number of halogens is 1. The Labute approximate surface area is 132 Å². The fourth-order valence-corrected chi connectivity index (χ4v) is 3.09. The van der Waals surface area contributed by atoms with Crippen molar-refractivity contribution in [3.63, 3.8) is 0 Å². The third-order valence-corrected chi connectivity index (χ3v) is 4.69. The first-order valence-electron chi connectivity index (χ1n) is 6.38. The van der Waals surface area contributed by atoms with Crippen molar-refractivity contribution in [2.24, 2.45) is 5.73 Å². The van der Waals surface area contributed by atoms with Gasteiger partial charge < -0.3 is 10.5 Å². The predicted octanol–water partition coefficient (Wildman–Crippen LogP) is 4.56. The van der Waals surface area contributed by atoms with E-state index in [0.29, 0.717) is 0 Å². The highest BCUT2D eigenvalue weighted by Crippen LogP contribution is 2.30. The van der Waals surface area contributed by atoms with E-state index in [9.17, 15) is 0 Å². The Hall–Kier alpha value is -0.970. The minimum Gasteiger partial charge on any atom is -0.496 e. The summed E-state index contributed by atoms with van der Waals surface area (Å²) >= 11 is 5.19. The van der Waals surface area contributed by atoms with Crippen LogP contribution in [0.25, 0.3) is 0 Å². The molecule has 0 radical (unpaired) electrons. The van der Waals surface area contributed by atoms with Crippen molar-refractivity contribution >= 4 is 27.7 Å². The van der Waals surface area contributed by atoms with Crippen LogP contribution in [0.1, 0.15) is 17.2 Å². The van der Waals surface area contributed by atoms with Crippen LogP contribution in [0.3, 0.4) is 0 Å². The normalized spacial score (nSPS) is 12.2. The molecule has 0 spiro atoms. The number of thioether (sulfide) groups is 1. The largest absolute Gasteiger partial charge is 0.496 e. The molecule has 0 heterocycles. The molecule has 2 aromatic carbocycles. The van der Waals surface area contributed by atoms with E-state index in [1.807, 2.05) is 24.3 Å². The zero-order chi connectivity index (χ0) is 14.5. The van der Waals surface area contributed by atoms with Gasteiger partial charge in [0.1, 0.15) is 5.75 Å². The van der Waals surface area contributed by atoms with Crippen molar-refractivity contribution in [3.8, 4) is 5.75 Å². The molecule has 0 aliphatic rings. The number of hydrogen-bond acceptors (Lipinski definition) is 3. The standard InChI is InChI=1S/C16H18BrNOS/c1-11-3-8-16(19-2)14(9-11)15(18)10-20-13-6-4-12(17)5-7-13/h3-9,15H,10,18H2,1-2H3. The van der Waals surface area contributed by atoms with Gasteiger partial charge in [0.2, 0.25) is 0 Å². The van der Waals surface area contributed by atoms with Crippen LogP contribution in [0, 0.1) is 6.92 Å². The number of ether oxygens (including phenoxy) is 1. The third-order valence-electron chi connectivity index (χ3n) is 3.03. The summed E-state index contributed by atoms with van der Waals surface area (Å²) < 4.78 is 6.48. The fourth-order valence-electron chi connectivity index (χ4n) is 1.95. The van der Waals surface area contributed by atoms with Gasteiger partial charge in [-0.2, -0.15) is 0 Å². The van der Waals surface area contributed by atoms with Crippen molar-refractivity contribution < 1.29 is 4.74 Å². The molecular weight excluding hydrogens is 334 g/mol. The Morgan fingerprint density at radius 1 is 1.20 bits per heavy atom. The molecule has 0 bridgehead atoms. The minimum absolute atomic E-state index is 0.0431. The molecule has 0 aliphatic carbocycles. The van der Waals surface area contributed by atoms with E-state index in [0.717, 1.165) is 21.5 Å². The van der Waals surface area contributed by atoms with E-state index in [2.05, 4.69) is 41.1 Å². The fraction of sp³-hybridized carbons (Fsp3) is 0.250. The second-order valence-corrected chi connectivity index (χ2v) is 6.63. The first-order valence-corrected chi connectivity index (χ1v) is 8.16. The predicted molar refractivity (Wildman–Crippen MR) is 89.5 cm³/mol. The van der Waals surface area contributed by atoms with Crippen molar-refractivity contribution in [2.45, 2.75) is 17.9 Å². The van der Waals surface area contributed by atoms with Crippen molar-refractivity contribution in [1.29, 1.82) is 0 Å². The summed E-state index contributed by atoms with van der Waals surface area (Å²) in [7, 11) is 1.68. The number of methoxy groups -OCH3 is 1. The Kier molecular flexibility index (Phi) is 5.52. The summed E-state index contributed by atoms with van der Waals surface area (Å²) in [6.45, 7) is 2.07. The monoisotopic (exact) mass is 351 g/mol. The van der Waals surface area contributed by atoms with Gasteiger partial charge in [0.15, 0.2) is 0 Å². The summed E-state index contributed by atoms with van der Waals surface area (Å²) in [5.74, 6) is 1.68. The molecule has 4 heteroatoms. The molecule has 0 aromatic heterocycles. The zero-order valence-corrected chi connectivity index (χ0v) is 14.0. The molecule has 2 aromatic rings. The lowest BCUT2D eigenvalue weighted by Crippen LogP contribution is -2.14. The van der Waals surface area contributed by atoms with Crippen molar-refractivity contribution in [3.05, 3.63) is 58.1 Å². The lowest BCUT2D eigenvalue weighted by atomic mass is 10.1. The molecule has 2 nitrogen and oxygen atoms in total. The van der Waals surface area contributed by atoms with Crippen LogP contribution in [-0.2, 0) is 0 Å². The molecule has 0 amide bonds. The van der Waals surface area contributed by atoms with Gasteiger partial charge >= 0.3 is 0 Å². The lowest BCUT2D eigenvalue weighted by molar-refractivity contribution is 0.407. The van der Waals surface area contributed by atoms with Gasteiger partial charge in [-0.15, -0.1) is 11.8 Å². The van der Waals surface area contributed by atoms with E-state index >= 15 is 0 Å². The maximum atomic E-state index is 6.31. The molecule has 2 N–H and O–H groups in total. The molecule has 0 saturated carbocycles. The third kappa shape index (κ3) is 4.01. The van der Waals surface area contributed by atoms with Crippen LogP contribution in [0.4, 0.5) is 0 Å². The zero-order valence-electron chi connectivity index (χ0n) is 11.6. The summed E-state index contributed by atoms with van der Waals surface area (Å²) in [6, 6.07) is 14.3. The highest BCUT2D eigenvalue weighted by Gasteiger charge is 2.12. The molecular formula is C16H18BrNOS. The SMILES string of the molecule is COc1ccc(C)cc1C(N)CSc1ccc(Br)cc1. The second kappa shape index (κ2) is 7.16. The number of hydrogen-bond donors (Lipinski definition) is 1. The van der Waals surface area contributed by atoms with Crippen LogP contribution in [-0.4, -0.2) is 12.9 Å². The summed E-state index contributed by atoms with van der Waals surface area (Å²) in [5.41, 5.74) is 8.57. The van der Waals surface area contributed by atoms with Gasteiger partial charge in [0.25, 0.3) is 0 Å². The number of benzene rings is 2. The average molecular weight is 352 g/mol. The topological polar surface area (TPSA) is 35.2 Å². The molecule has 0 saturated heterocycles. The molecule has 20 heavy (non-hydrogen) atoms. The Morgan fingerprint density at radius 2 is 1.90 bits per heavy atom. The Morgan fingerprint density at radius 3 is 2.55 bits per heavy atom. The number of rotatable bonds is 5. The highest BCUT2D eigenvalue weighted by molar-refractivity contribution is 9.10. The quantitative estimate of drug-likeness (QED) is 0.802. The smallest absolute Gasteiger partial charge is 0.123 e. The summed E-state index contributed by atoms with van der Waals surface area (Å²) in [4.78, 5) is 1.22. The lowest BCUT2D eigenvalue weighted by Gasteiger charge is -2.16. The molecule has 1 unspecified atom stereocenters. The van der Waals surface area contributed by atoms with Crippen LogP contribution >= 0.6 is 27.7 Å². The molecule has 2 rings (SSSR count). The van der Waals surface area contributed by atoms with Gasteiger partial charge in [0, 0.05) is 26.7 Å². The average Bonchev–Trinajstić information content (AvgIpc) is 2.46. The first-order chi connectivity index (χ1) is 9.60. The van der Waals surface area contributed by atoms with Crippen molar-refractivity contribution in [1.82, 2.24) is 0 Å². The summed E-state index contributed by atoms with van der Waals surface area (Å²) in [5, 5.41) is 0. The number of aryl methyl sites for hydroxylation is 1.